The standard InChI is InChI=1S/C22H24N6O/c1-13-16(9-23)6-5-7-18(13)14(2)25-21-19-8-17(28-11-22(4,29)12-28)10-24-20(19)15(3)26-27-21/h5-8,10,14,29H,11-12H2,1-4H3,(H,25,27)/t14-/m1/s1. The lowest BCUT2D eigenvalue weighted by Gasteiger charge is -2.45. The first-order valence-corrected chi connectivity index (χ1v) is 9.65. The molecule has 0 bridgehead atoms. The van der Waals surface area contributed by atoms with Crippen LogP contribution in [0.4, 0.5) is 11.5 Å². The smallest absolute Gasteiger partial charge is 0.158 e. The zero-order valence-electron chi connectivity index (χ0n) is 17.1. The Morgan fingerprint density at radius 3 is 2.72 bits per heavy atom. The van der Waals surface area contributed by atoms with Gasteiger partial charge in [-0.3, -0.25) is 4.98 Å². The van der Waals surface area contributed by atoms with Gasteiger partial charge in [-0.1, -0.05) is 12.1 Å². The van der Waals surface area contributed by atoms with Crippen molar-refractivity contribution in [2.75, 3.05) is 23.3 Å². The monoisotopic (exact) mass is 388 g/mol. The molecule has 2 N–H and O–H groups in total. The van der Waals surface area contributed by atoms with Gasteiger partial charge in [0.1, 0.15) is 0 Å². The Balaban J connectivity index is 1.70. The summed E-state index contributed by atoms with van der Waals surface area (Å²) in [4.78, 5) is 6.70. The number of nitriles is 1. The van der Waals surface area contributed by atoms with Gasteiger partial charge in [0.05, 0.1) is 46.4 Å². The number of hydrogen-bond acceptors (Lipinski definition) is 7. The molecular weight excluding hydrogens is 364 g/mol. The van der Waals surface area contributed by atoms with Crippen molar-refractivity contribution in [3.05, 3.63) is 52.8 Å². The largest absolute Gasteiger partial charge is 0.386 e. The SMILES string of the molecule is Cc1c(C#N)cccc1[C@@H](C)Nc1nnc(C)c2ncc(N3CC(C)(O)C3)cc12. The maximum absolute atomic E-state index is 10.1. The summed E-state index contributed by atoms with van der Waals surface area (Å²) in [6.07, 6.45) is 1.82. The van der Waals surface area contributed by atoms with Crippen LogP contribution in [0, 0.1) is 25.2 Å². The van der Waals surface area contributed by atoms with Crippen molar-refractivity contribution < 1.29 is 5.11 Å². The van der Waals surface area contributed by atoms with Gasteiger partial charge in [-0.15, -0.1) is 5.10 Å². The number of pyridine rings is 1. The number of benzene rings is 1. The molecule has 1 fully saturated rings. The van der Waals surface area contributed by atoms with Gasteiger partial charge in [0, 0.05) is 18.5 Å². The van der Waals surface area contributed by atoms with E-state index in [9.17, 15) is 10.4 Å². The fraction of sp³-hybridized carbons (Fsp3) is 0.364. The van der Waals surface area contributed by atoms with E-state index in [4.69, 9.17) is 0 Å². The summed E-state index contributed by atoms with van der Waals surface area (Å²) >= 11 is 0. The highest BCUT2D eigenvalue weighted by Crippen LogP contribution is 2.32. The van der Waals surface area contributed by atoms with Crippen molar-refractivity contribution in [1.82, 2.24) is 15.2 Å². The summed E-state index contributed by atoms with van der Waals surface area (Å²) in [5.74, 6) is 0.654. The molecule has 3 heterocycles. The lowest BCUT2D eigenvalue weighted by Crippen LogP contribution is -2.60. The van der Waals surface area contributed by atoms with Crippen LogP contribution in [-0.2, 0) is 0 Å². The van der Waals surface area contributed by atoms with Gasteiger partial charge in [0.15, 0.2) is 5.82 Å². The molecule has 0 radical (unpaired) electrons. The Bertz CT molecular complexity index is 1130. The summed E-state index contributed by atoms with van der Waals surface area (Å²) in [5, 5.41) is 32.3. The van der Waals surface area contributed by atoms with Crippen LogP contribution in [0.5, 0.6) is 0 Å². The molecule has 1 aromatic carbocycles. The molecule has 0 amide bonds. The number of anilines is 2. The Kier molecular flexibility index (Phi) is 4.59. The lowest BCUT2D eigenvalue weighted by molar-refractivity contribution is 0.0310. The Morgan fingerprint density at radius 2 is 2.03 bits per heavy atom. The topological polar surface area (TPSA) is 98.0 Å². The summed E-state index contributed by atoms with van der Waals surface area (Å²) in [6, 6.07) is 9.97. The number of aryl methyl sites for hydroxylation is 1. The maximum atomic E-state index is 10.1. The van der Waals surface area contributed by atoms with Crippen LogP contribution in [0.15, 0.2) is 30.5 Å². The van der Waals surface area contributed by atoms with Crippen molar-refractivity contribution in [2.45, 2.75) is 39.3 Å². The van der Waals surface area contributed by atoms with E-state index in [1.165, 1.54) is 0 Å². The average Bonchev–Trinajstić information content (AvgIpc) is 2.68. The van der Waals surface area contributed by atoms with Gasteiger partial charge < -0.3 is 15.3 Å². The molecule has 3 aromatic rings. The number of fused-ring (bicyclic) bond motifs is 1. The first kappa shape index (κ1) is 19.1. The first-order chi connectivity index (χ1) is 13.8. The summed E-state index contributed by atoms with van der Waals surface area (Å²) in [5.41, 5.74) is 4.54. The minimum Gasteiger partial charge on any atom is -0.386 e. The Morgan fingerprint density at radius 1 is 1.28 bits per heavy atom. The number of aliphatic hydroxyl groups is 1. The number of nitrogens with one attached hydrogen (secondary N) is 1. The highest BCUT2D eigenvalue weighted by atomic mass is 16.3. The molecule has 4 rings (SSSR count). The van der Waals surface area contributed by atoms with Crippen molar-refractivity contribution >= 4 is 22.4 Å². The molecule has 0 spiro atoms. The molecule has 1 saturated heterocycles. The molecule has 29 heavy (non-hydrogen) atoms. The van der Waals surface area contributed by atoms with E-state index in [2.05, 4.69) is 31.5 Å². The quantitative estimate of drug-likeness (QED) is 0.708. The normalized spacial score (nSPS) is 16.2. The molecule has 148 valence electrons. The highest BCUT2D eigenvalue weighted by molar-refractivity contribution is 5.92. The molecule has 0 unspecified atom stereocenters. The minimum absolute atomic E-state index is 0.0584. The van der Waals surface area contributed by atoms with Crippen LogP contribution in [0.1, 0.15) is 42.3 Å². The van der Waals surface area contributed by atoms with Gasteiger partial charge in [-0.05, 0) is 51.0 Å². The molecule has 1 aliphatic heterocycles. The van der Waals surface area contributed by atoms with Gasteiger partial charge in [0.2, 0.25) is 0 Å². The first-order valence-electron chi connectivity index (χ1n) is 9.65. The molecule has 0 aliphatic carbocycles. The number of aromatic nitrogens is 3. The third kappa shape index (κ3) is 3.47. The lowest BCUT2D eigenvalue weighted by atomic mass is 9.96. The third-order valence-corrected chi connectivity index (χ3v) is 5.52. The molecule has 2 aromatic heterocycles. The minimum atomic E-state index is -0.653. The molecular formula is C22H24N6O. The van der Waals surface area contributed by atoms with Crippen LogP contribution in [-0.4, -0.2) is 39.0 Å². The second kappa shape index (κ2) is 6.98. The van der Waals surface area contributed by atoms with Crippen LogP contribution in [0.25, 0.3) is 10.9 Å². The Hall–Kier alpha value is -3.24. The van der Waals surface area contributed by atoms with Crippen molar-refractivity contribution in [3.63, 3.8) is 0 Å². The van der Waals surface area contributed by atoms with E-state index >= 15 is 0 Å². The molecule has 7 heteroatoms. The zero-order chi connectivity index (χ0) is 20.8. The predicted octanol–water partition coefficient (Wildman–Crippen LogP) is 3.26. The van der Waals surface area contributed by atoms with E-state index in [0.29, 0.717) is 24.5 Å². The zero-order valence-corrected chi connectivity index (χ0v) is 17.1. The van der Waals surface area contributed by atoms with Crippen LogP contribution >= 0.6 is 0 Å². The van der Waals surface area contributed by atoms with Crippen molar-refractivity contribution in [1.29, 1.82) is 5.26 Å². The fourth-order valence-electron chi connectivity index (χ4n) is 3.91. The van der Waals surface area contributed by atoms with E-state index in [0.717, 1.165) is 33.4 Å². The van der Waals surface area contributed by atoms with Crippen molar-refractivity contribution in [3.8, 4) is 6.07 Å². The highest BCUT2D eigenvalue weighted by Gasteiger charge is 2.36. The van der Waals surface area contributed by atoms with E-state index in [1.807, 2.05) is 58.2 Å². The van der Waals surface area contributed by atoms with Gasteiger partial charge in [-0.25, -0.2) is 0 Å². The second-order valence-corrected chi connectivity index (χ2v) is 8.07. The summed E-state index contributed by atoms with van der Waals surface area (Å²) in [6.45, 7) is 8.89. The van der Waals surface area contributed by atoms with Crippen LogP contribution < -0.4 is 10.2 Å². The summed E-state index contributed by atoms with van der Waals surface area (Å²) in [7, 11) is 0. The number of nitrogens with zero attached hydrogens (tertiary/aromatic N) is 5. The molecule has 0 saturated carbocycles. The molecule has 1 aliphatic rings. The third-order valence-electron chi connectivity index (χ3n) is 5.52. The predicted molar refractivity (Wildman–Crippen MR) is 113 cm³/mol. The summed E-state index contributed by atoms with van der Waals surface area (Å²) < 4.78 is 0. The van der Waals surface area contributed by atoms with E-state index in [1.54, 1.807) is 0 Å². The maximum Gasteiger partial charge on any atom is 0.158 e. The Labute approximate surface area is 170 Å². The van der Waals surface area contributed by atoms with Crippen molar-refractivity contribution in [2.24, 2.45) is 0 Å². The molecule has 7 nitrogen and oxygen atoms in total. The van der Waals surface area contributed by atoms with Gasteiger partial charge in [0.25, 0.3) is 0 Å². The van der Waals surface area contributed by atoms with Gasteiger partial charge in [-0.2, -0.15) is 10.4 Å². The molecule has 1 atom stereocenters. The number of rotatable bonds is 4. The van der Waals surface area contributed by atoms with E-state index in [-0.39, 0.29) is 6.04 Å². The van der Waals surface area contributed by atoms with E-state index < -0.39 is 5.60 Å². The van der Waals surface area contributed by atoms with Crippen LogP contribution in [0.2, 0.25) is 0 Å². The number of hydrogen-bond donors (Lipinski definition) is 2. The fourth-order valence-corrected chi connectivity index (χ4v) is 3.91. The second-order valence-electron chi connectivity index (χ2n) is 8.07. The average molecular weight is 388 g/mol. The van der Waals surface area contributed by atoms with Crippen LogP contribution in [0.3, 0.4) is 0 Å². The van der Waals surface area contributed by atoms with Gasteiger partial charge >= 0.3 is 0 Å². The number of β-amino-alcohol motifs (C(OH)–C–C–N with tert-alkyl or cyclic N) is 1.